The lowest BCUT2D eigenvalue weighted by atomic mass is 10.2. The average molecular weight is 441 g/mol. The van der Waals surface area contributed by atoms with Gasteiger partial charge in [0.1, 0.15) is 0 Å². The number of aromatic nitrogens is 3. The minimum absolute atomic E-state index is 0.176. The van der Waals surface area contributed by atoms with E-state index < -0.39 is 0 Å². The number of rotatable bonds is 7. The number of halogens is 1. The minimum Gasteiger partial charge on any atom is -0.339 e. The Hall–Kier alpha value is -3.23. The smallest absolute Gasteiger partial charge is 0.250 e. The Morgan fingerprint density at radius 3 is 2.83 bits per heavy atom. The Bertz CT molecular complexity index is 1220. The summed E-state index contributed by atoms with van der Waals surface area (Å²) in [5, 5.41) is 9.25. The number of hydrogen-bond acceptors (Lipinski definition) is 6. The van der Waals surface area contributed by atoms with Crippen LogP contribution >= 0.6 is 22.9 Å². The summed E-state index contributed by atoms with van der Waals surface area (Å²) in [6, 6.07) is 14.1. The van der Waals surface area contributed by atoms with E-state index in [1.165, 1.54) is 22.0 Å². The third-order valence-electron chi connectivity index (χ3n) is 4.34. The van der Waals surface area contributed by atoms with Crippen molar-refractivity contribution < 1.29 is 9.32 Å². The first-order valence-electron chi connectivity index (χ1n) is 9.19. The summed E-state index contributed by atoms with van der Waals surface area (Å²) >= 11 is 7.70. The SMILES string of the molecule is O=C(CCc1nc(-c2cccs2)no1)Nc1ccc(=O)n(Cc2ccccc2Cl)c1. The second-order valence-electron chi connectivity index (χ2n) is 6.51. The zero-order valence-electron chi connectivity index (χ0n) is 15.7. The van der Waals surface area contributed by atoms with Gasteiger partial charge >= 0.3 is 0 Å². The number of aryl methyl sites for hydroxylation is 1. The van der Waals surface area contributed by atoms with E-state index in [9.17, 15) is 9.59 Å². The van der Waals surface area contributed by atoms with Crippen LogP contribution in [0.1, 0.15) is 17.9 Å². The number of benzene rings is 1. The van der Waals surface area contributed by atoms with Crippen LogP contribution < -0.4 is 10.9 Å². The first kappa shape index (κ1) is 20.1. The lowest BCUT2D eigenvalue weighted by Crippen LogP contribution is -2.21. The Balaban J connectivity index is 1.37. The Kier molecular flexibility index (Phi) is 6.06. The molecule has 1 aromatic carbocycles. The summed E-state index contributed by atoms with van der Waals surface area (Å²) in [6.07, 6.45) is 2.10. The van der Waals surface area contributed by atoms with Crippen LogP contribution in [0.5, 0.6) is 0 Å². The first-order chi connectivity index (χ1) is 14.6. The highest BCUT2D eigenvalue weighted by atomic mass is 35.5. The van der Waals surface area contributed by atoms with Crippen molar-refractivity contribution in [3.8, 4) is 10.7 Å². The zero-order valence-corrected chi connectivity index (χ0v) is 17.3. The maximum atomic E-state index is 12.3. The van der Waals surface area contributed by atoms with Gasteiger partial charge in [-0.1, -0.05) is 41.0 Å². The number of hydrogen-bond donors (Lipinski definition) is 1. The van der Waals surface area contributed by atoms with E-state index in [1.807, 2.05) is 35.7 Å². The number of thiophene rings is 1. The second kappa shape index (κ2) is 9.06. The molecule has 0 aliphatic heterocycles. The second-order valence-corrected chi connectivity index (χ2v) is 7.87. The van der Waals surface area contributed by atoms with Crippen molar-refractivity contribution >= 4 is 34.5 Å². The van der Waals surface area contributed by atoms with E-state index in [0.717, 1.165) is 10.4 Å². The average Bonchev–Trinajstić information content (AvgIpc) is 3.42. The molecule has 0 bridgehead atoms. The lowest BCUT2D eigenvalue weighted by Gasteiger charge is -2.10. The fourth-order valence-electron chi connectivity index (χ4n) is 2.85. The maximum absolute atomic E-state index is 12.3. The topological polar surface area (TPSA) is 90.0 Å². The normalized spacial score (nSPS) is 10.8. The minimum atomic E-state index is -0.214. The fourth-order valence-corrected chi connectivity index (χ4v) is 3.69. The van der Waals surface area contributed by atoms with Crippen molar-refractivity contribution in [1.29, 1.82) is 0 Å². The molecule has 0 spiro atoms. The van der Waals surface area contributed by atoms with Crippen molar-refractivity contribution in [3.05, 3.63) is 86.9 Å². The van der Waals surface area contributed by atoms with Crippen molar-refractivity contribution in [1.82, 2.24) is 14.7 Å². The number of carbonyl (C=O) groups is 1. The zero-order chi connectivity index (χ0) is 20.9. The summed E-state index contributed by atoms with van der Waals surface area (Å²) < 4.78 is 6.71. The van der Waals surface area contributed by atoms with Crippen LogP contribution in [0.2, 0.25) is 5.02 Å². The number of amides is 1. The Labute approximate surface area is 180 Å². The molecule has 1 N–H and O–H groups in total. The molecule has 152 valence electrons. The molecule has 0 aliphatic carbocycles. The van der Waals surface area contributed by atoms with Crippen LogP contribution in [0.3, 0.4) is 0 Å². The van der Waals surface area contributed by atoms with E-state index in [2.05, 4.69) is 15.5 Å². The molecule has 7 nitrogen and oxygen atoms in total. The molecule has 4 rings (SSSR count). The van der Waals surface area contributed by atoms with Gasteiger partial charge in [-0.2, -0.15) is 4.98 Å². The van der Waals surface area contributed by atoms with Gasteiger partial charge < -0.3 is 14.4 Å². The molecule has 0 aliphatic rings. The summed E-state index contributed by atoms with van der Waals surface area (Å²) in [6.45, 7) is 0.315. The molecular weight excluding hydrogens is 424 g/mol. The van der Waals surface area contributed by atoms with Crippen molar-refractivity contribution in [2.24, 2.45) is 0 Å². The standard InChI is InChI=1S/C21H17ClN4O3S/c22-16-5-2-1-4-14(16)12-26-13-15(7-10-20(26)28)23-18(27)8-9-19-24-21(25-29-19)17-6-3-11-30-17/h1-7,10-11,13H,8-9,12H2,(H,23,27). The highest BCUT2D eigenvalue weighted by Gasteiger charge is 2.12. The van der Waals surface area contributed by atoms with Crippen LogP contribution in [0.25, 0.3) is 10.7 Å². The van der Waals surface area contributed by atoms with Crippen LogP contribution in [-0.2, 0) is 17.8 Å². The Morgan fingerprint density at radius 1 is 1.17 bits per heavy atom. The third kappa shape index (κ3) is 4.84. The van der Waals surface area contributed by atoms with Gasteiger partial charge in [-0.3, -0.25) is 9.59 Å². The molecule has 9 heteroatoms. The van der Waals surface area contributed by atoms with Gasteiger partial charge in [0.25, 0.3) is 5.56 Å². The van der Waals surface area contributed by atoms with Gasteiger partial charge in [0.05, 0.1) is 17.1 Å². The van der Waals surface area contributed by atoms with E-state index in [-0.39, 0.29) is 17.9 Å². The Morgan fingerprint density at radius 2 is 2.03 bits per heavy atom. The summed E-state index contributed by atoms with van der Waals surface area (Å²) in [5.41, 5.74) is 1.17. The summed E-state index contributed by atoms with van der Waals surface area (Å²) in [5.74, 6) is 0.707. The van der Waals surface area contributed by atoms with Crippen molar-refractivity contribution in [3.63, 3.8) is 0 Å². The number of pyridine rings is 1. The highest BCUT2D eigenvalue weighted by Crippen LogP contribution is 2.21. The molecule has 1 amide bonds. The van der Waals surface area contributed by atoms with Crippen LogP contribution in [0.4, 0.5) is 5.69 Å². The van der Waals surface area contributed by atoms with E-state index in [1.54, 1.807) is 18.3 Å². The lowest BCUT2D eigenvalue weighted by molar-refractivity contribution is -0.116. The highest BCUT2D eigenvalue weighted by molar-refractivity contribution is 7.13. The monoisotopic (exact) mass is 440 g/mol. The molecule has 0 saturated carbocycles. The number of anilines is 1. The van der Waals surface area contributed by atoms with Crippen LogP contribution in [-0.4, -0.2) is 20.6 Å². The molecule has 0 unspecified atom stereocenters. The molecule has 0 atom stereocenters. The molecule has 0 saturated heterocycles. The van der Waals surface area contributed by atoms with Gasteiger partial charge in [0, 0.05) is 30.1 Å². The van der Waals surface area contributed by atoms with E-state index >= 15 is 0 Å². The van der Waals surface area contributed by atoms with Gasteiger partial charge in [0.15, 0.2) is 0 Å². The molecule has 3 heterocycles. The largest absolute Gasteiger partial charge is 0.339 e. The predicted octanol–water partition coefficient (Wildman–Crippen LogP) is 4.23. The number of carbonyl (C=O) groups excluding carboxylic acids is 1. The fraction of sp³-hybridized carbons (Fsp3) is 0.143. The van der Waals surface area contributed by atoms with Gasteiger partial charge in [0.2, 0.25) is 17.6 Å². The van der Waals surface area contributed by atoms with Crippen LogP contribution in [0.15, 0.2) is 69.4 Å². The van der Waals surface area contributed by atoms with E-state index in [0.29, 0.717) is 35.4 Å². The molecular formula is C21H17ClN4O3S. The molecule has 0 radical (unpaired) electrons. The van der Waals surface area contributed by atoms with Crippen LogP contribution in [0, 0.1) is 0 Å². The van der Waals surface area contributed by atoms with Gasteiger partial charge in [-0.05, 0) is 29.1 Å². The number of nitrogens with one attached hydrogen (secondary N) is 1. The molecule has 4 aromatic rings. The van der Waals surface area contributed by atoms with Crippen molar-refractivity contribution in [2.75, 3.05) is 5.32 Å². The predicted molar refractivity (Wildman–Crippen MR) is 116 cm³/mol. The quantitative estimate of drug-likeness (QED) is 0.464. The van der Waals surface area contributed by atoms with Gasteiger partial charge in [-0.25, -0.2) is 0 Å². The maximum Gasteiger partial charge on any atom is 0.250 e. The molecule has 30 heavy (non-hydrogen) atoms. The summed E-state index contributed by atoms with van der Waals surface area (Å²) in [7, 11) is 0. The third-order valence-corrected chi connectivity index (χ3v) is 5.58. The van der Waals surface area contributed by atoms with Gasteiger partial charge in [-0.15, -0.1) is 11.3 Å². The first-order valence-corrected chi connectivity index (χ1v) is 10.4. The number of nitrogens with zero attached hydrogens (tertiary/aromatic N) is 3. The molecule has 0 fully saturated rings. The summed E-state index contributed by atoms with van der Waals surface area (Å²) in [4.78, 5) is 29.7. The van der Waals surface area contributed by atoms with E-state index in [4.69, 9.17) is 16.1 Å². The van der Waals surface area contributed by atoms with Crippen molar-refractivity contribution in [2.45, 2.75) is 19.4 Å². The molecule has 3 aromatic heterocycles.